The molecule has 1 atom stereocenters. The van der Waals surface area contributed by atoms with Crippen LogP contribution in [0.2, 0.25) is 0 Å². The van der Waals surface area contributed by atoms with Gasteiger partial charge in [-0.15, -0.1) is 0 Å². The summed E-state index contributed by atoms with van der Waals surface area (Å²) < 4.78 is 0. The SMILES string of the molecule is Cc1cccc(C)c1N(C)C(C)CCN. The Bertz CT molecular complexity index is 300. The number of rotatable bonds is 4. The average molecular weight is 206 g/mol. The van der Waals surface area contributed by atoms with Gasteiger partial charge in [0.2, 0.25) is 0 Å². The van der Waals surface area contributed by atoms with E-state index in [0.29, 0.717) is 6.04 Å². The molecule has 0 heterocycles. The van der Waals surface area contributed by atoms with Gasteiger partial charge >= 0.3 is 0 Å². The van der Waals surface area contributed by atoms with Crippen molar-refractivity contribution in [1.82, 2.24) is 0 Å². The molecule has 0 radical (unpaired) electrons. The fraction of sp³-hybridized carbons (Fsp3) is 0.538. The van der Waals surface area contributed by atoms with Crippen molar-refractivity contribution in [2.75, 3.05) is 18.5 Å². The van der Waals surface area contributed by atoms with Gasteiger partial charge in [0, 0.05) is 18.8 Å². The van der Waals surface area contributed by atoms with E-state index in [1.54, 1.807) is 0 Å². The van der Waals surface area contributed by atoms with Gasteiger partial charge in [0.05, 0.1) is 0 Å². The highest BCUT2D eigenvalue weighted by Crippen LogP contribution is 2.25. The standard InChI is InChI=1S/C13H22N2/c1-10-6-5-7-11(2)13(10)15(4)12(3)8-9-14/h5-7,12H,8-9,14H2,1-4H3. The third-order valence-electron chi connectivity index (χ3n) is 3.04. The zero-order chi connectivity index (χ0) is 11.4. The zero-order valence-corrected chi connectivity index (χ0v) is 10.2. The molecule has 1 aromatic rings. The third kappa shape index (κ3) is 2.72. The molecule has 0 amide bonds. The van der Waals surface area contributed by atoms with Gasteiger partial charge in [0.15, 0.2) is 0 Å². The Morgan fingerprint density at radius 2 is 1.80 bits per heavy atom. The van der Waals surface area contributed by atoms with Gasteiger partial charge in [-0.25, -0.2) is 0 Å². The topological polar surface area (TPSA) is 29.3 Å². The Hall–Kier alpha value is -1.02. The lowest BCUT2D eigenvalue weighted by atomic mass is 10.1. The summed E-state index contributed by atoms with van der Waals surface area (Å²) in [6.45, 7) is 7.29. The molecule has 15 heavy (non-hydrogen) atoms. The molecular formula is C13H22N2. The highest BCUT2D eigenvalue weighted by molar-refractivity contribution is 5.58. The van der Waals surface area contributed by atoms with E-state index >= 15 is 0 Å². The van der Waals surface area contributed by atoms with E-state index in [9.17, 15) is 0 Å². The van der Waals surface area contributed by atoms with Crippen molar-refractivity contribution < 1.29 is 0 Å². The van der Waals surface area contributed by atoms with E-state index in [1.807, 2.05) is 0 Å². The summed E-state index contributed by atoms with van der Waals surface area (Å²) in [7, 11) is 2.15. The van der Waals surface area contributed by atoms with Crippen LogP contribution in [0.3, 0.4) is 0 Å². The maximum absolute atomic E-state index is 5.59. The number of hydrogen-bond donors (Lipinski definition) is 1. The largest absolute Gasteiger partial charge is 0.371 e. The molecule has 0 aliphatic heterocycles. The van der Waals surface area contributed by atoms with Crippen LogP contribution in [0.5, 0.6) is 0 Å². The lowest BCUT2D eigenvalue weighted by Crippen LogP contribution is -2.31. The molecule has 1 unspecified atom stereocenters. The van der Waals surface area contributed by atoms with Crippen LogP contribution in [0.25, 0.3) is 0 Å². The van der Waals surface area contributed by atoms with Gasteiger partial charge < -0.3 is 10.6 Å². The lowest BCUT2D eigenvalue weighted by Gasteiger charge is -2.29. The number of para-hydroxylation sites is 1. The molecule has 0 saturated heterocycles. The summed E-state index contributed by atoms with van der Waals surface area (Å²) in [5, 5.41) is 0. The van der Waals surface area contributed by atoms with Crippen molar-refractivity contribution in [3.05, 3.63) is 29.3 Å². The molecule has 1 rings (SSSR count). The minimum atomic E-state index is 0.495. The molecule has 0 aliphatic rings. The predicted octanol–water partition coefficient (Wildman–Crippen LogP) is 2.48. The summed E-state index contributed by atoms with van der Waals surface area (Å²) in [5.41, 5.74) is 9.61. The van der Waals surface area contributed by atoms with Crippen molar-refractivity contribution in [1.29, 1.82) is 0 Å². The quantitative estimate of drug-likeness (QED) is 0.820. The van der Waals surface area contributed by atoms with E-state index in [-0.39, 0.29) is 0 Å². The number of aryl methyl sites for hydroxylation is 2. The molecule has 0 aliphatic carbocycles. The van der Waals surface area contributed by atoms with Gasteiger partial charge in [-0.3, -0.25) is 0 Å². The Balaban J connectivity index is 2.94. The van der Waals surface area contributed by atoms with Gasteiger partial charge in [-0.2, -0.15) is 0 Å². The van der Waals surface area contributed by atoms with Crippen LogP contribution in [0.15, 0.2) is 18.2 Å². The van der Waals surface area contributed by atoms with Gasteiger partial charge in [0.1, 0.15) is 0 Å². The smallest absolute Gasteiger partial charge is 0.0425 e. The fourth-order valence-electron chi connectivity index (χ4n) is 2.02. The average Bonchev–Trinajstić information content (AvgIpc) is 2.17. The van der Waals surface area contributed by atoms with Gasteiger partial charge in [0.25, 0.3) is 0 Å². The summed E-state index contributed by atoms with van der Waals surface area (Å²) in [4.78, 5) is 2.33. The number of anilines is 1. The van der Waals surface area contributed by atoms with E-state index in [4.69, 9.17) is 5.73 Å². The summed E-state index contributed by atoms with van der Waals surface area (Å²) >= 11 is 0. The molecule has 0 fully saturated rings. The monoisotopic (exact) mass is 206 g/mol. The Labute approximate surface area is 93.1 Å². The maximum Gasteiger partial charge on any atom is 0.0425 e. The zero-order valence-electron chi connectivity index (χ0n) is 10.2. The number of benzene rings is 1. The first kappa shape index (κ1) is 12.1. The molecule has 0 aromatic heterocycles. The second-order valence-electron chi connectivity index (χ2n) is 4.28. The number of nitrogens with two attached hydrogens (primary N) is 1. The molecule has 2 heteroatoms. The van der Waals surface area contributed by atoms with Crippen molar-refractivity contribution in [2.24, 2.45) is 5.73 Å². The Morgan fingerprint density at radius 1 is 1.27 bits per heavy atom. The van der Waals surface area contributed by atoms with Crippen molar-refractivity contribution in [3.8, 4) is 0 Å². The van der Waals surface area contributed by atoms with E-state index in [2.05, 4.69) is 50.9 Å². The lowest BCUT2D eigenvalue weighted by molar-refractivity contribution is 0.633. The molecule has 0 saturated carbocycles. The first-order chi connectivity index (χ1) is 7.07. The van der Waals surface area contributed by atoms with Gasteiger partial charge in [-0.05, 0) is 44.9 Å². The normalized spacial score (nSPS) is 12.6. The molecular weight excluding hydrogens is 184 g/mol. The van der Waals surface area contributed by atoms with Crippen LogP contribution in [0, 0.1) is 13.8 Å². The van der Waals surface area contributed by atoms with Crippen LogP contribution in [0.1, 0.15) is 24.5 Å². The first-order valence-electron chi connectivity index (χ1n) is 5.57. The van der Waals surface area contributed by atoms with E-state index < -0.39 is 0 Å². The second kappa shape index (κ2) is 5.17. The third-order valence-corrected chi connectivity index (χ3v) is 3.04. The highest BCUT2D eigenvalue weighted by Gasteiger charge is 2.12. The first-order valence-corrected chi connectivity index (χ1v) is 5.57. The maximum atomic E-state index is 5.59. The Morgan fingerprint density at radius 3 is 2.27 bits per heavy atom. The molecule has 1 aromatic carbocycles. The number of hydrogen-bond acceptors (Lipinski definition) is 2. The van der Waals surface area contributed by atoms with Crippen LogP contribution >= 0.6 is 0 Å². The summed E-state index contributed by atoms with van der Waals surface area (Å²) in [5.74, 6) is 0. The molecule has 2 nitrogen and oxygen atoms in total. The van der Waals surface area contributed by atoms with Crippen molar-refractivity contribution in [2.45, 2.75) is 33.2 Å². The Kier molecular flexibility index (Phi) is 4.15. The van der Waals surface area contributed by atoms with Crippen molar-refractivity contribution >= 4 is 5.69 Å². The van der Waals surface area contributed by atoms with Gasteiger partial charge in [-0.1, -0.05) is 18.2 Å². The summed E-state index contributed by atoms with van der Waals surface area (Å²) in [6, 6.07) is 6.92. The van der Waals surface area contributed by atoms with E-state index in [0.717, 1.165) is 13.0 Å². The second-order valence-corrected chi connectivity index (χ2v) is 4.28. The van der Waals surface area contributed by atoms with Crippen LogP contribution in [-0.2, 0) is 0 Å². The molecule has 84 valence electrons. The predicted molar refractivity (Wildman–Crippen MR) is 67.5 cm³/mol. The minimum absolute atomic E-state index is 0.495. The highest BCUT2D eigenvalue weighted by atomic mass is 15.1. The van der Waals surface area contributed by atoms with Crippen molar-refractivity contribution in [3.63, 3.8) is 0 Å². The fourth-order valence-corrected chi connectivity index (χ4v) is 2.02. The summed E-state index contributed by atoms with van der Waals surface area (Å²) in [6.07, 6.45) is 1.03. The molecule has 0 bridgehead atoms. The number of nitrogens with zero attached hydrogens (tertiary/aromatic N) is 1. The van der Waals surface area contributed by atoms with Crippen LogP contribution in [-0.4, -0.2) is 19.6 Å². The van der Waals surface area contributed by atoms with Crippen LogP contribution in [0.4, 0.5) is 5.69 Å². The minimum Gasteiger partial charge on any atom is -0.371 e. The molecule has 2 N–H and O–H groups in total. The molecule has 0 spiro atoms. The van der Waals surface area contributed by atoms with E-state index in [1.165, 1.54) is 16.8 Å². The van der Waals surface area contributed by atoms with Crippen LogP contribution < -0.4 is 10.6 Å².